The number of nitrogens with one attached hydrogen (secondary N) is 2. The molecule has 2 aliphatic heterocycles. The summed E-state index contributed by atoms with van der Waals surface area (Å²) in [5.74, 6) is -1.04. The molecule has 0 radical (unpaired) electrons. The predicted octanol–water partition coefficient (Wildman–Crippen LogP) is -0.293. The van der Waals surface area contributed by atoms with E-state index in [9.17, 15) is 19.2 Å². The van der Waals surface area contributed by atoms with E-state index < -0.39 is 11.9 Å². The van der Waals surface area contributed by atoms with Gasteiger partial charge in [-0.25, -0.2) is 4.68 Å². The van der Waals surface area contributed by atoms with Gasteiger partial charge < -0.3 is 10.2 Å². The molecule has 0 aliphatic carbocycles. The van der Waals surface area contributed by atoms with Crippen LogP contribution in [0.25, 0.3) is 5.69 Å². The Balaban J connectivity index is 1.49. The van der Waals surface area contributed by atoms with Crippen LogP contribution in [0.3, 0.4) is 0 Å². The van der Waals surface area contributed by atoms with Crippen LogP contribution in [0.15, 0.2) is 24.4 Å². The van der Waals surface area contributed by atoms with Crippen molar-refractivity contribution < 1.29 is 19.2 Å². The van der Waals surface area contributed by atoms with E-state index in [2.05, 4.69) is 20.9 Å². The Bertz CT molecular complexity index is 1010. The molecule has 1 unspecified atom stereocenters. The standard InChI is InChI=1S/C19H20N6O4/c1-11(26)20-7-6-13-10-25(23-22-13)14-2-3-15-12(8-14)9-24(19(15)29)16-4-5-17(27)21-18(16)28/h2-3,8,10,16H,4-7,9H2,1H3,(H,20,26)(H,21,27,28). The second kappa shape index (κ2) is 7.46. The van der Waals surface area contributed by atoms with Crippen LogP contribution in [-0.4, -0.2) is 56.1 Å². The topological polar surface area (TPSA) is 126 Å². The van der Waals surface area contributed by atoms with Gasteiger partial charge in [-0.15, -0.1) is 5.10 Å². The number of carbonyl (C=O) groups is 4. The largest absolute Gasteiger partial charge is 0.356 e. The average molecular weight is 396 g/mol. The van der Waals surface area contributed by atoms with Gasteiger partial charge in [-0.1, -0.05) is 5.21 Å². The van der Waals surface area contributed by atoms with Crippen molar-refractivity contribution in [3.63, 3.8) is 0 Å². The minimum absolute atomic E-state index is 0.0961. The van der Waals surface area contributed by atoms with Crippen LogP contribution >= 0.6 is 0 Å². The van der Waals surface area contributed by atoms with E-state index in [-0.39, 0.29) is 24.1 Å². The van der Waals surface area contributed by atoms with Gasteiger partial charge in [-0.2, -0.15) is 0 Å². The van der Waals surface area contributed by atoms with Gasteiger partial charge in [0.1, 0.15) is 6.04 Å². The molecule has 1 aromatic heterocycles. The fourth-order valence-corrected chi connectivity index (χ4v) is 3.61. The van der Waals surface area contributed by atoms with Gasteiger partial charge in [0.2, 0.25) is 17.7 Å². The van der Waals surface area contributed by atoms with Crippen molar-refractivity contribution in [1.29, 1.82) is 0 Å². The Labute approximate surface area is 166 Å². The summed E-state index contributed by atoms with van der Waals surface area (Å²) in [6.07, 6.45) is 2.89. The van der Waals surface area contributed by atoms with Crippen molar-refractivity contribution in [3.05, 3.63) is 41.2 Å². The van der Waals surface area contributed by atoms with E-state index in [0.717, 1.165) is 16.9 Å². The first-order chi connectivity index (χ1) is 13.9. The maximum Gasteiger partial charge on any atom is 0.255 e. The number of nitrogens with zero attached hydrogens (tertiary/aromatic N) is 4. The molecule has 0 saturated carbocycles. The van der Waals surface area contributed by atoms with Crippen molar-refractivity contribution in [3.8, 4) is 5.69 Å². The van der Waals surface area contributed by atoms with E-state index in [1.54, 1.807) is 23.0 Å². The molecule has 1 aromatic carbocycles. The number of rotatable bonds is 5. The summed E-state index contributed by atoms with van der Waals surface area (Å²) in [6, 6.07) is 4.71. The van der Waals surface area contributed by atoms with Crippen molar-refractivity contribution in [2.75, 3.05) is 6.54 Å². The van der Waals surface area contributed by atoms with Crippen molar-refractivity contribution in [2.45, 2.75) is 38.8 Å². The number of carbonyl (C=O) groups excluding carboxylic acids is 4. The minimum atomic E-state index is -0.636. The molecule has 2 aliphatic rings. The zero-order chi connectivity index (χ0) is 20.5. The first-order valence-corrected chi connectivity index (χ1v) is 9.36. The number of amides is 4. The Morgan fingerprint density at radius 1 is 1.31 bits per heavy atom. The van der Waals surface area contributed by atoms with Crippen molar-refractivity contribution in [2.24, 2.45) is 0 Å². The van der Waals surface area contributed by atoms with Gasteiger partial charge in [-0.3, -0.25) is 24.5 Å². The third-order valence-electron chi connectivity index (χ3n) is 5.07. The summed E-state index contributed by atoms with van der Waals surface area (Å²) in [5, 5.41) is 13.2. The predicted molar refractivity (Wildman–Crippen MR) is 99.8 cm³/mol. The maximum atomic E-state index is 12.7. The van der Waals surface area contributed by atoms with Crippen LogP contribution in [0, 0.1) is 0 Å². The van der Waals surface area contributed by atoms with E-state index in [0.29, 0.717) is 31.5 Å². The van der Waals surface area contributed by atoms with Gasteiger partial charge in [0, 0.05) is 38.4 Å². The molecule has 1 atom stereocenters. The quantitative estimate of drug-likeness (QED) is 0.669. The fourth-order valence-electron chi connectivity index (χ4n) is 3.61. The lowest BCUT2D eigenvalue weighted by Gasteiger charge is -2.29. The zero-order valence-corrected chi connectivity index (χ0v) is 15.8. The second-order valence-electron chi connectivity index (χ2n) is 7.13. The van der Waals surface area contributed by atoms with Crippen LogP contribution in [0.1, 0.15) is 41.4 Å². The van der Waals surface area contributed by atoms with E-state index >= 15 is 0 Å². The second-order valence-corrected chi connectivity index (χ2v) is 7.13. The lowest BCUT2D eigenvalue weighted by Crippen LogP contribution is -2.52. The Hall–Kier alpha value is -3.56. The lowest BCUT2D eigenvalue weighted by molar-refractivity contribution is -0.137. The Morgan fingerprint density at radius 2 is 2.14 bits per heavy atom. The van der Waals surface area contributed by atoms with Crippen molar-refractivity contribution in [1.82, 2.24) is 30.5 Å². The molecular formula is C19H20N6O4. The molecule has 2 N–H and O–H groups in total. The molecule has 29 heavy (non-hydrogen) atoms. The number of hydrogen-bond acceptors (Lipinski definition) is 6. The molecule has 4 rings (SSSR count). The highest BCUT2D eigenvalue weighted by Gasteiger charge is 2.39. The van der Waals surface area contributed by atoms with Gasteiger partial charge in [0.05, 0.1) is 17.6 Å². The summed E-state index contributed by atoms with van der Waals surface area (Å²) in [7, 11) is 0. The number of hydrogen-bond donors (Lipinski definition) is 2. The Kier molecular flexibility index (Phi) is 4.83. The smallest absolute Gasteiger partial charge is 0.255 e. The van der Waals surface area contributed by atoms with Crippen LogP contribution in [0.4, 0.5) is 0 Å². The molecule has 150 valence electrons. The summed E-state index contributed by atoms with van der Waals surface area (Å²) >= 11 is 0. The van der Waals surface area contributed by atoms with Gasteiger partial charge >= 0.3 is 0 Å². The summed E-state index contributed by atoms with van der Waals surface area (Å²) in [4.78, 5) is 48.7. The summed E-state index contributed by atoms with van der Waals surface area (Å²) in [5.41, 5.74) is 2.83. The molecule has 3 heterocycles. The van der Waals surface area contributed by atoms with Gasteiger partial charge in [-0.05, 0) is 30.2 Å². The first-order valence-electron chi connectivity index (χ1n) is 9.36. The number of imide groups is 1. The van der Waals surface area contributed by atoms with Crippen molar-refractivity contribution >= 4 is 23.6 Å². The number of fused-ring (bicyclic) bond motifs is 1. The third-order valence-corrected chi connectivity index (χ3v) is 5.07. The highest BCUT2D eigenvalue weighted by Crippen LogP contribution is 2.28. The summed E-state index contributed by atoms with van der Waals surface area (Å²) in [6.45, 7) is 2.24. The molecular weight excluding hydrogens is 376 g/mol. The molecule has 4 amide bonds. The SMILES string of the molecule is CC(=O)NCCc1cn(-c2ccc3c(c2)CN(C2CCC(=O)NC2=O)C3=O)nn1. The normalized spacial score (nSPS) is 18.6. The Morgan fingerprint density at radius 3 is 2.90 bits per heavy atom. The van der Waals surface area contributed by atoms with E-state index in [1.165, 1.54) is 11.8 Å². The molecule has 1 fully saturated rings. The van der Waals surface area contributed by atoms with E-state index in [1.807, 2.05) is 6.07 Å². The summed E-state index contributed by atoms with van der Waals surface area (Å²) < 4.78 is 1.61. The molecule has 2 aromatic rings. The lowest BCUT2D eigenvalue weighted by atomic mass is 10.0. The van der Waals surface area contributed by atoms with Gasteiger partial charge in [0.15, 0.2) is 0 Å². The monoisotopic (exact) mass is 396 g/mol. The first kappa shape index (κ1) is 18.8. The van der Waals surface area contributed by atoms with Crippen LogP contribution in [0.5, 0.6) is 0 Å². The maximum absolute atomic E-state index is 12.7. The zero-order valence-electron chi connectivity index (χ0n) is 15.8. The molecule has 0 bridgehead atoms. The molecule has 0 spiro atoms. The minimum Gasteiger partial charge on any atom is -0.356 e. The molecule has 10 heteroatoms. The van der Waals surface area contributed by atoms with Gasteiger partial charge in [0.25, 0.3) is 5.91 Å². The third kappa shape index (κ3) is 3.73. The van der Waals surface area contributed by atoms with E-state index in [4.69, 9.17) is 0 Å². The van der Waals surface area contributed by atoms with Crippen LogP contribution in [0.2, 0.25) is 0 Å². The average Bonchev–Trinajstić information content (AvgIpc) is 3.26. The fraction of sp³-hybridized carbons (Fsp3) is 0.368. The number of piperidine rings is 1. The highest BCUT2D eigenvalue weighted by atomic mass is 16.2. The molecule has 1 saturated heterocycles. The molecule has 10 nitrogen and oxygen atoms in total. The number of aromatic nitrogens is 3. The van der Waals surface area contributed by atoms with Crippen LogP contribution in [-0.2, 0) is 27.3 Å². The highest BCUT2D eigenvalue weighted by molar-refractivity contribution is 6.05. The van der Waals surface area contributed by atoms with Crippen LogP contribution < -0.4 is 10.6 Å². The number of benzene rings is 1.